The van der Waals surface area contributed by atoms with E-state index in [1.165, 1.54) is 5.56 Å². The van der Waals surface area contributed by atoms with Crippen LogP contribution in [0, 0.1) is 0 Å². The van der Waals surface area contributed by atoms with E-state index in [0.717, 1.165) is 38.2 Å². The largest absolute Gasteiger partial charge is 0.488 e. The van der Waals surface area contributed by atoms with Crippen molar-refractivity contribution in [1.82, 2.24) is 4.90 Å². The van der Waals surface area contributed by atoms with Gasteiger partial charge >= 0.3 is 0 Å². The summed E-state index contributed by atoms with van der Waals surface area (Å²) in [6.07, 6.45) is 2.04. The highest BCUT2D eigenvalue weighted by atomic mass is 32.1. The van der Waals surface area contributed by atoms with Gasteiger partial charge in [-0.25, -0.2) is 0 Å². The molecule has 0 saturated carbocycles. The summed E-state index contributed by atoms with van der Waals surface area (Å²) >= 11 is 4.92. The number of thiocarbonyl (C=S) groups is 1. The summed E-state index contributed by atoms with van der Waals surface area (Å²) in [5.74, 6) is 1.04. The summed E-state index contributed by atoms with van der Waals surface area (Å²) in [7, 11) is 0. The number of para-hydroxylation sites is 1. The molecule has 2 rings (SSSR count). The Labute approximate surface area is 114 Å². The topological polar surface area (TPSA) is 38.5 Å². The monoisotopic (exact) mass is 264 g/mol. The molecule has 1 unspecified atom stereocenters. The fraction of sp³-hybridized carbons (Fsp3) is 0.500. The Morgan fingerprint density at radius 2 is 2.28 bits per heavy atom. The molecule has 1 aromatic rings. The molecule has 4 heteroatoms. The molecule has 2 N–H and O–H groups in total. The van der Waals surface area contributed by atoms with E-state index in [-0.39, 0.29) is 6.10 Å². The van der Waals surface area contributed by atoms with Gasteiger partial charge in [-0.3, -0.25) is 4.90 Å². The average molecular weight is 264 g/mol. The van der Waals surface area contributed by atoms with Crippen molar-refractivity contribution in [2.75, 3.05) is 19.6 Å². The van der Waals surface area contributed by atoms with Crippen molar-refractivity contribution in [2.24, 2.45) is 5.73 Å². The van der Waals surface area contributed by atoms with E-state index in [4.69, 9.17) is 22.7 Å². The molecule has 1 aliphatic heterocycles. The highest BCUT2D eigenvalue weighted by Crippen LogP contribution is 2.28. The van der Waals surface area contributed by atoms with E-state index in [1.807, 2.05) is 12.1 Å². The van der Waals surface area contributed by atoms with Crippen molar-refractivity contribution in [1.29, 1.82) is 0 Å². The highest BCUT2D eigenvalue weighted by molar-refractivity contribution is 7.80. The van der Waals surface area contributed by atoms with Crippen LogP contribution < -0.4 is 10.5 Å². The smallest absolute Gasteiger partial charge is 0.123 e. The zero-order valence-corrected chi connectivity index (χ0v) is 11.6. The van der Waals surface area contributed by atoms with Gasteiger partial charge in [-0.05, 0) is 18.2 Å². The molecule has 1 heterocycles. The number of fused-ring (bicyclic) bond motifs is 1. The molecule has 1 aromatic carbocycles. The second-order valence-electron chi connectivity index (χ2n) is 4.66. The van der Waals surface area contributed by atoms with Gasteiger partial charge in [-0.2, -0.15) is 0 Å². The van der Waals surface area contributed by atoms with Gasteiger partial charge in [0.2, 0.25) is 0 Å². The Balaban J connectivity index is 1.85. The number of nitrogens with two attached hydrogens (primary N) is 1. The lowest BCUT2D eigenvalue weighted by Crippen LogP contribution is -2.36. The minimum atomic E-state index is 0.258. The number of rotatable bonds is 6. The van der Waals surface area contributed by atoms with Crippen LogP contribution in [0.15, 0.2) is 24.3 Å². The Morgan fingerprint density at radius 3 is 2.94 bits per heavy atom. The molecule has 18 heavy (non-hydrogen) atoms. The third-order valence-corrected chi connectivity index (χ3v) is 3.50. The summed E-state index contributed by atoms with van der Waals surface area (Å²) in [5, 5.41) is 0. The second-order valence-corrected chi connectivity index (χ2v) is 5.19. The van der Waals surface area contributed by atoms with Gasteiger partial charge in [0, 0.05) is 25.9 Å². The Bertz CT molecular complexity index is 397. The maximum atomic E-state index is 5.94. The first kappa shape index (κ1) is 13.3. The highest BCUT2D eigenvalue weighted by Gasteiger charge is 2.23. The number of hydrogen-bond donors (Lipinski definition) is 1. The van der Waals surface area contributed by atoms with Crippen LogP contribution in [0.25, 0.3) is 0 Å². The van der Waals surface area contributed by atoms with Crippen LogP contribution in [0.1, 0.15) is 18.9 Å². The SMILES string of the molecule is CCN(CCC(N)=S)CC1Cc2ccccc2O1. The minimum Gasteiger partial charge on any atom is -0.488 e. The molecule has 0 fully saturated rings. The number of likely N-dealkylation sites (N-methyl/N-ethyl adjacent to an activating group) is 1. The minimum absolute atomic E-state index is 0.258. The van der Waals surface area contributed by atoms with Gasteiger partial charge < -0.3 is 10.5 Å². The molecule has 0 spiro atoms. The van der Waals surface area contributed by atoms with Crippen LogP contribution in [0.3, 0.4) is 0 Å². The van der Waals surface area contributed by atoms with Crippen molar-refractivity contribution in [3.05, 3.63) is 29.8 Å². The molecular formula is C14H20N2OS. The third-order valence-electron chi connectivity index (χ3n) is 3.30. The first-order valence-corrected chi connectivity index (χ1v) is 6.85. The van der Waals surface area contributed by atoms with E-state index in [9.17, 15) is 0 Å². The Kier molecular flexibility index (Phi) is 4.55. The molecule has 1 aliphatic rings. The van der Waals surface area contributed by atoms with Crippen molar-refractivity contribution in [3.8, 4) is 5.75 Å². The predicted molar refractivity (Wildman–Crippen MR) is 78.1 cm³/mol. The molecule has 0 bridgehead atoms. The zero-order valence-electron chi connectivity index (χ0n) is 10.8. The van der Waals surface area contributed by atoms with Gasteiger partial charge in [0.25, 0.3) is 0 Å². The maximum Gasteiger partial charge on any atom is 0.123 e. The summed E-state index contributed by atoms with van der Waals surface area (Å²) in [6.45, 7) is 5.01. The summed E-state index contributed by atoms with van der Waals surface area (Å²) in [6, 6.07) is 8.27. The Morgan fingerprint density at radius 1 is 1.50 bits per heavy atom. The quantitative estimate of drug-likeness (QED) is 0.798. The molecular weight excluding hydrogens is 244 g/mol. The first-order chi connectivity index (χ1) is 8.69. The molecule has 0 aromatic heterocycles. The lowest BCUT2D eigenvalue weighted by Gasteiger charge is -2.23. The first-order valence-electron chi connectivity index (χ1n) is 6.44. The third kappa shape index (κ3) is 3.43. The van der Waals surface area contributed by atoms with Crippen LogP contribution in [0.2, 0.25) is 0 Å². The summed E-state index contributed by atoms with van der Waals surface area (Å²) in [4.78, 5) is 2.93. The fourth-order valence-corrected chi connectivity index (χ4v) is 2.38. The van der Waals surface area contributed by atoms with Crippen molar-refractivity contribution < 1.29 is 4.74 Å². The Hall–Kier alpha value is -1.13. The predicted octanol–water partition coefficient (Wildman–Crippen LogP) is 1.99. The van der Waals surface area contributed by atoms with Crippen molar-refractivity contribution >= 4 is 17.2 Å². The maximum absolute atomic E-state index is 5.94. The molecule has 3 nitrogen and oxygen atoms in total. The number of ether oxygens (including phenoxy) is 1. The second kappa shape index (κ2) is 6.16. The van der Waals surface area contributed by atoms with Gasteiger partial charge in [0.1, 0.15) is 11.9 Å². The normalized spacial score (nSPS) is 17.6. The average Bonchev–Trinajstić information content (AvgIpc) is 2.76. The summed E-state index contributed by atoms with van der Waals surface area (Å²) < 4.78 is 5.94. The molecule has 98 valence electrons. The lowest BCUT2D eigenvalue weighted by molar-refractivity contribution is 0.156. The lowest BCUT2D eigenvalue weighted by atomic mass is 10.1. The molecule has 1 atom stereocenters. The van der Waals surface area contributed by atoms with Gasteiger partial charge in [-0.1, -0.05) is 37.3 Å². The van der Waals surface area contributed by atoms with Crippen LogP contribution in [-0.4, -0.2) is 35.6 Å². The van der Waals surface area contributed by atoms with E-state index < -0.39 is 0 Å². The van der Waals surface area contributed by atoms with Crippen LogP contribution >= 0.6 is 12.2 Å². The van der Waals surface area contributed by atoms with Crippen LogP contribution in [0.5, 0.6) is 5.75 Å². The van der Waals surface area contributed by atoms with Gasteiger partial charge in [0.05, 0.1) is 4.99 Å². The number of nitrogens with zero attached hydrogens (tertiary/aromatic N) is 1. The van der Waals surface area contributed by atoms with Gasteiger partial charge in [0.15, 0.2) is 0 Å². The zero-order chi connectivity index (χ0) is 13.0. The standard InChI is InChI=1S/C14H20N2OS/c1-2-16(8-7-14(15)18)10-12-9-11-5-3-4-6-13(11)17-12/h3-6,12H,2,7-10H2,1H3,(H2,15,18). The van der Waals surface area contributed by atoms with Crippen molar-refractivity contribution in [3.63, 3.8) is 0 Å². The van der Waals surface area contributed by atoms with E-state index in [0.29, 0.717) is 4.99 Å². The fourth-order valence-electron chi connectivity index (χ4n) is 2.29. The summed E-state index contributed by atoms with van der Waals surface area (Å²) in [5.41, 5.74) is 6.86. The van der Waals surface area contributed by atoms with Crippen molar-refractivity contribution in [2.45, 2.75) is 25.9 Å². The number of hydrogen-bond acceptors (Lipinski definition) is 3. The van der Waals surface area contributed by atoms with Crippen LogP contribution in [0.4, 0.5) is 0 Å². The molecule has 0 aliphatic carbocycles. The molecule has 0 radical (unpaired) electrons. The van der Waals surface area contributed by atoms with E-state index >= 15 is 0 Å². The van der Waals surface area contributed by atoms with Gasteiger partial charge in [-0.15, -0.1) is 0 Å². The molecule has 0 amide bonds. The van der Waals surface area contributed by atoms with E-state index in [1.54, 1.807) is 0 Å². The molecule has 0 saturated heterocycles. The number of benzene rings is 1. The van der Waals surface area contributed by atoms with E-state index in [2.05, 4.69) is 24.0 Å². The van der Waals surface area contributed by atoms with Crippen LogP contribution in [-0.2, 0) is 6.42 Å².